The van der Waals surface area contributed by atoms with Crippen LogP contribution in [0.4, 0.5) is 20.2 Å². The first-order valence-corrected chi connectivity index (χ1v) is 7.11. The molecule has 2 rings (SSSR count). The number of anilines is 2. The SMILES string of the molecule is CCCNCc1cc(F)ccc1N(C)c1ccccc1F. The summed E-state index contributed by atoms with van der Waals surface area (Å²) < 4.78 is 27.4. The molecule has 0 aliphatic rings. The Hall–Kier alpha value is -1.94. The van der Waals surface area contributed by atoms with Gasteiger partial charge in [0.05, 0.1) is 5.69 Å². The van der Waals surface area contributed by atoms with Crippen LogP contribution >= 0.6 is 0 Å². The summed E-state index contributed by atoms with van der Waals surface area (Å²) in [7, 11) is 1.79. The lowest BCUT2D eigenvalue weighted by Crippen LogP contribution is -2.18. The van der Waals surface area contributed by atoms with Crippen molar-refractivity contribution in [2.24, 2.45) is 0 Å². The maximum atomic E-state index is 13.9. The molecule has 0 unspecified atom stereocenters. The maximum absolute atomic E-state index is 13.9. The van der Waals surface area contributed by atoms with E-state index in [9.17, 15) is 8.78 Å². The van der Waals surface area contributed by atoms with Gasteiger partial charge in [0.1, 0.15) is 11.6 Å². The molecule has 2 aromatic carbocycles. The smallest absolute Gasteiger partial charge is 0.146 e. The predicted octanol–water partition coefficient (Wildman–Crippen LogP) is 4.23. The van der Waals surface area contributed by atoms with Crippen LogP contribution in [-0.4, -0.2) is 13.6 Å². The van der Waals surface area contributed by atoms with Gasteiger partial charge in [-0.05, 0) is 48.9 Å². The van der Waals surface area contributed by atoms with Crippen molar-refractivity contribution in [1.29, 1.82) is 0 Å². The summed E-state index contributed by atoms with van der Waals surface area (Å²) in [6, 6.07) is 11.1. The Bertz CT molecular complexity index is 599. The van der Waals surface area contributed by atoms with E-state index >= 15 is 0 Å². The van der Waals surface area contributed by atoms with Crippen LogP contribution < -0.4 is 10.2 Å². The molecule has 0 aliphatic heterocycles. The first-order chi connectivity index (χ1) is 10.1. The molecular weight excluding hydrogens is 270 g/mol. The van der Waals surface area contributed by atoms with Crippen LogP contribution in [0.1, 0.15) is 18.9 Å². The number of para-hydroxylation sites is 1. The van der Waals surface area contributed by atoms with Gasteiger partial charge < -0.3 is 10.2 Å². The van der Waals surface area contributed by atoms with Crippen LogP contribution in [0.15, 0.2) is 42.5 Å². The van der Waals surface area contributed by atoms with Crippen LogP contribution in [-0.2, 0) is 6.54 Å². The van der Waals surface area contributed by atoms with Crippen molar-refractivity contribution < 1.29 is 8.78 Å². The average molecular weight is 290 g/mol. The van der Waals surface area contributed by atoms with Crippen LogP contribution in [0.25, 0.3) is 0 Å². The average Bonchev–Trinajstić information content (AvgIpc) is 2.47. The normalized spacial score (nSPS) is 10.7. The summed E-state index contributed by atoms with van der Waals surface area (Å²) in [6.45, 7) is 3.49. The molecule has 0 radical (unpaired) electrons. The summed E-state index contributed by atoms with van der Waals surface area (Å²) >= 11 is 0. The van der Waals surface area contributed by atoms with Gasteiger partial charge in [0.15, 0.2) is 0 Å². The number of nitrogens with zero attached hydrogens (tertiary/aromatic N) is 1. The molecule has 4 heteroatoms. The molecule has 2 nitrogen and oxygen atoms in total. The van der Waals surface area contributed by atoms with Gasteiger partial charge in [-0.3, -0.25) is 0 Å². The van der Waals surface area contributed by atoms with Gasteiger partial charge in [0, 0.05) is 19.3 Å². The van der Waals surface area contributed by atoms with E-state index < -0.39 is 0 Å². The van der Waals surface area contributed by atoms with Gasteiger partial charge in [-0.2, -0.15) is 0 Å². The largest absolute Gasteiger partial charge is 0.342 e. The third kappa shape index (κ3) is 3.79. The van der Waals surface area contributed by atoms with Gasteiger partial charge >= 0.3 is 0 Å². The molecule has 0 heterocycles. The van der Waals surface area contributed by atoms with E-state index in [4.69, 9.17) is 0 Å². The molecule has 0 atom stereocenters. The lowest BCUT2D eigenvalue weighted by molar-refractivity contribution is 0.618. The Balaban J connectivity index is 2.31. The van der Waals surface area contributed by atoms with Gasteiger partial charge in [-0.1, -0.05) is 19.1 Å². The van der Waals surface area contributed by atoms with Gasteiger partial charge in [-0.15, -0.1) is 0 Å². The fraction of sp³-hybridized carbons (Fsp3) is 0.294. The molecule has 0 aliphatic carbocycles. The van der Waals surface area contributed by atoms with Gasteiger partial charge in [-0.25, -0.2) is 8.78 Å². The molecule has 0 amide bonds. The third-order valence-electron chi connectivity index (χ3n) is 3.36. The molecule has 112 valence electrons. The van der Waals surface area contributed by atoms with E-state index in [1.807, 2.05) is 0 Å². The highest BCUT2D eigenvalue weighted by Gasteiger charge is 2.13. The highest BCUT2D eigenvalue weighted by molar-refractivity contribution is 5.66. The van der Waals surface area contributed by atoms with Crippen molar-refractivity contribution in [3.63, 3.8) is 0 Å². The Kier molecular flexibility index (Phi) is 5.28. The van der Waals surface area contributed by atoms with E-state index in [1.165, 1.54) is 18.2 Å². The predicted molar refractivity (Wildman–Crippen MR) is 82.9 cm³/mol. The Labute approximate surface area is 124 Å². The van der Waals surface area contributed by atoms with Gasteiger partial charge in [0.25, 0.3) is 0 Å². The zero-order chi connectivity index (χ0) is 15.2. The van der Waals surface area contributed by atoms with Crippen molar-refractivity contribution in [3.05, 3.63) is 59.7 Å². The summed E-state index contributed by atoms with van der Waals surface area (Å²) in [5, 5.41) is 3.25. The number of hydrogen-bond acceptors (Lipinski definition) is 2. The molecule has 2 aromatic rings. The summed E-state index contributed by atoms with van der Waals surface area (Å²) in [4.78, 5) is 1.75. The zero-order valence-corrected chi connectivity index (χ0v) is 12.4. The van der Waals surface area contributed by atoms with E-state index in [-0.39, 0.29) is 11.6 Å². The van der Waals surface area contributed by atoms with Crippen molar-refractivity contribution >= 4 is 11.4 Å². The molecule has 21 heavy (non-hydrogen) atoms. The van der Waals surface area contributed by atoms with Crippen LogP contribution in [0.3, 0.4) is 0 Å². The zero-order valence-electron chi connectivity index (χ0n) is 12.4. The summed E-state index contributed by atoms with van der Waals surface area (Å²) in [5.41, 5.74) is 2.08. The first-order valence-electron chi connectivity index (χ1n) is 7.11. The summed E-state index contributed by atoms with van der Waals surface area (Å²) in [6.07, 6.45) is 1.01. The molecular formula is C17H20F2N2. The van der Waals surface area contributed by atoms with Crippen LogP contribution in [0.2, 0.25) is 0 Å². The standard InChI is InChI=1S/C17H20F2N2/c1-3-10-20-12-13-11-14(18)8-9-16(13)21(2)17-7-5-4-6-15(17)19/h4-9,11,20H,3,10,12H2,1-2H3. The van der Waals surface area contributed by atoms with Crippen molar-refractivity contribution in [2.75, 3.05) is 18.5 Å². The highest BCUT2D eigenvalue weighted by atomic mass is 19.1. The van der Waals surface area contributed by atoms with E-state index in [0.29, 0.717) is 12.2 Å². The minimum absolute atomic E-state index is 0.283. The maximum Gasteiger partial charge on any atom is 0.146 e. The second kappa shape index (κ2) is 7.18. The lowest BCUT2D eigenvalue weighted by Gasteiger charge is -2.23. The van der Waals surface area contributed by atoms with Crippen molar-refractivity contribution in [1.82, 2.24) is 5.32 Å². The topological polar surface area (TPSA) is 15.3 Å². The van der Waals surface area contributed by atoms with Gasteiger partial charge in [0.2, 0.25) is 0 Å². The van der Waals surface area contributed by atoms with E-state index in [1.54, 1.807) is 36.2 Å². The van der Waals surface area contributed by atoms with Crippen LogP contribution in [0, 0.1) is 11.6 Å². The molecule has 1 N–H and O–H groups in total. The number of hydrogen-bond donors (Lipinski definition) is 1. The van der Waals surface area contributed by atoms with Crippen molar-refractivity contribution in [3.8, 4) is 0 Å². The minimum Gasteiger partial charge on any atom is -0.342 e. The van der Waals surface area contributed by atoms with Crippen molar-refractivity contribution in [2.45, 2.75) is 19.9 Å². The number of halogens is 2. The number of nitrogens with one attached hydrogen (secondary N) is 1. The molecule has 0 bridgehead atoms. The number of benzene rings is 2. The second-order valence-corrected chi connectivity index (χ2v) is 4.96. The van der Waals surface area contributed by atoms with Crippen LogP contribution in [0.5, 0.6) is 0 Å². The molecule has 0 saturated carbocycles. The van der Waals surface area contributed by atoms with E-state index in [0.717, 1.165) is 24.2 Å². The monoisotopic (exact) mass is 290 g/mol. The first kappa shape index (κ1) is 15.4. The lowest BCUT2D eigenvalue weighted by atomic mass is 10.1. The Morgan fingerprint density at radius 2 is 1.81 bits per heavy atom. The quantitative estimate of drug-likeness (QED) is 0.801. The second-order valence-electron chi connectivity index (χ2n) is 4.96. The Morgan fingerprint density at radius 1 is 1.05 bits per heavy atom. The van der Waals surface area contributed by atoms with E-state index in [2.05, 4.69) is 12.2 Å². The number of rotatable bonds is 6. The Morgan fingerprint density at radius 3 is 2.52 bits per heavy atom. The highest BCUT2D eigenvalue weighted by Crippen LogP contribution is 2.29. The minimum atomic E-state index is -0.295. The molecule has 0 spiro atoms. The molecule has 0 aromatic heterocycles. The fourth-order valence-electron chi connectivity index (χ4n) is 2.28. The molecule has 0 saturated heterocycles. The molecule has 0 fully saturated rings. The fourth-order valence-corrected chi connectivity index (χ4v) is 2.28. The third-order valence-corrected chi connectivity index (χ3v) is 3.36. The summed E-state index contributed by atoms with van der Waals surface area (Å²) in [5.74, 6) is -0.578.